The van der Waals surface area contributed by atoms with Crippen LogP contribution >= 0.6 is 24.0 Å². The fourth-order valence-electron chi connectivity index (χ4n) is 1.98. The fraction of sp³-hybridized carbons (Fsp3) is 0.632. The Bertz CT molecular complexity index is 515. The Morgan fingerprint density at radius 3 is 2.52 bits per heavy atom. The quantitative estimate of drug-likeness (QED) is 0.179. The van der Waals surface area contributed by atoms with Crippen LogP contribution in [0.5, 0.6) is 5.75 Å². The van der Waals surface area contributed by atoms with Crippen LogP contribution in [0.3, 0.4) is 0 Å². The average Bonchev–Trinajstić information content (AvgIpc) is 2.61. The van der Waals surface area contributed by atoms with Crippen molar-refractivity contribution in [1.29, 1.82) is 0 Å². The first-order valence-electron chi connectivity index (χ1n) is 9.17. The molecule has 8 heteroatoms. The van der Waals surface area contributed by atoms with E-state index >= 15 is 0 Å². The molecule has 156 valence electrons. The summed E-state index contributed by atoms with van der Waals surface area (Å²) in [6.07, 6.45) is 0.298. The molecule has 1 unspecified atom stereocenters. The number of aliphatic imine (C=N–C) groups is 1. The van der Waals surface area contributed by atoms with Crippen LogP contribution in [-0.2, 0) is 4.74 Å². The van der Waals surface area contributed by atoms with E-state index < -0.39 is 6.10 Å². The van der Waals surface area contributed by atoms with Gasteiger partial charge in [0.05, 0.1) is 13.2 Å². The molecule has 1 atom stereocenters. The average molecular weight is 497 g/mol. The maximum Gasteiger partial charge on any atom is 0.191 e. The molecule has 0 spiro atoms. The van der Waals surface area contributed by atoms with Crippen LogP contribution in [0.1, 0.15) is 27.2 Å². The number of aliphatic hydroxyl groups is 1. The first-order valence-corrected chi connectivity index (χ1v) is 9.17. The van der Waals surface area contributed by atoms with Crippen molar-refractivity contribution in [3.8, 4) is 5.75 Å². The number of nitrogens with one attached hydrogen (secondary N) is 2. The zero-order valence-electron chi connectivity index (χ0n) is 16.4. The van der Waals surface area contributed by atoms with Crippen LogP contribution in [-0.4, -0.2) is 56.6 Å². The van der Waals surface area contributed by atoms with E-state index in [9.17, 15) is 9.50 Å². The summed E-state index contributed by atoms with van der Waals surface area (Å²) in [5.74, 6) is 1.45. The highest BCUT2D eigenvalue weighted by molar-refractivity contribution is 14.0. The van der Waals surface area contributed by atoms with Crippen LogP contribution in [0.25, 0.3) is 0 Å². The molecule has 0 heterocycles. The highest BCUT2D eigenvalue weighted by Crippen LogP contribution is 2.11. The van der Waals surface area contributed by atoms with E-state index in [-0.39, 0.29) is 42.9 Å². The Morgan fingerprint density at radius 2 is 1.89 bits per heavy atom. The lowest BCUT2D eigenvalue weighted by Gasteiger charge is -2.14. The van der Waals surface area contributed by atoms with E-state index in [0.29, 0.717) is 30.8 Å². The van der Waals surface area contributed by atoms with Gasteiger partial charge in [0.2, 0.25) is 0 Å². The van der Waals surface area contributed by atoms with Crippen molar-refractivity contribution in [3.63, 3.8) is 0 Å². The zero-order chi connectivity index (χ0) is 19.2. The summed E-state index contributed by atoms with van der Waals surface area (Å²) in [5.41, 5.74) is 0. The van der Waals surface area contributed by atoms with Gasteiger partial charge in [-0.3, -0.25) is 4.99 Å². The molecule has 3 N–H and O–H groups in total. The number of ether oxygens (including phenoxy) is 2. The number of guanidine groups is 1. The number of hydrogen-bond acceptors (Lipinski definition) is 4. The smallest absolute Gasteiger partial charge is 0.191 e. The number of rotatable bonds is 12. The van der Waals surface area contributed by atoms with Gasteiger partial charge in [0.1, 0.15) is 24.3 Å². The van der Waals surface area contributed by atoms with Gasteiger partial charge in [-0.25, -0.2) is 4.39 Å². The summed E-state index contributed by atoms with van der Waals surface area (Å²) in [5, 5.41) is 16.3. The van der Waals surface area contributed by atoms with Crippen molar-refractivity contribution in [2.45, 2.75) is 33.3 Å². The number of hydrogen-bond donors (Lipinski definition) is 3. The topological polar surface area (TPSA) is 75.1 Å². The molecule has 1 aromatic rings. The monoisotopic (exact) mass is 497 g/mol. The molecule has 0 saturated carbocycles. The summed E-state index contributed by atoms with van der Waals surface area (Å²) in [7, 11) is 0. The second kappa shape index (κ2) is 15.9. The number of nitrogens with zero attached hydrogens (tertiary/aromatic N) is 1. The maximum absolute atomic E-state index is 12.8. The Labute approximate surface area is 179 Å². The third-order valence-corrected chi connectivity index (χ3v) is 3.44. The second-order valence-electron chi connectivity index (χ2n) is 6.36. The summed E-state index contributed by atoms with van der Waals surface area (Å²) < 4.78 is 23.8. The predicted molar refractivity (Wildman–Crippen MR) is 118 cm³/mol. The van der Waals surface area contributed by atoms with Gasteiger partial charge >= 0.3 is 0 Å². The molecule has 0 aliphatic heterocycles. The summed E-state index contributed by atoms with van der Waals surface area (Å²) >= 11 is 0. The predicted octanol–water partition coefficient (Wildman–Crippen LogP) is 2.80. The van der Waals surface area contributed by atoms with E-state index in [1.165, 1.54) is 24.3 Å². The standard InChI is InChI=1S/C19H32FN3O3.HI/c1-4-21-19(22-10-12-25-11-9-15(2)3)23-13-17(24)14-26-18-7-5-16(20)6-8-18;/h5-8,15,17,24H,4,9-14H2,1-3H3,(H2,21,22,23);1H. The summed E-state index contributed by atoms with van der Waals surface area (Å²) in [6.45, 7) is 9.33. The molecule has 0 saturated heterocycles. The first kappa shape index (κ1) is 25.9. The van der Waals surface area contributed by atoms with Gasteiger partial charge in [0.15, 0.2) is 5.96 Å². The molecule has 0 amide bonds. The van der Waals surface area contributed by atoms with Gasteiger partial charge in [0.25, 0.3) is 0 Å². The molecule has 0 aliphatic rings. The van der Waals surface area contributed by atoms with E-state index in [1.807, 2.05) is 6.92 Å². The molecule has 0 radical (unpaired) electrons. The molecule has 0 fully saturated rings. The third-order valence-electron chi connectivity index (χ3n) is 3.44. The Balaban J connectivity index is 0.00000676. The first-order chi connectivity index (χ1) is 12.5. The largest absolute Gasteiger partial charge is 0.491 e. The van der Waals surface area contributed by atoms with E-state index in [2.05, 4.69) is 29.5 Å². The Hall–Kier alpha value is -1.13. The second-order valence-corrected chi connectivity index (χ2v) is 6.36. The van der Waals surface area contributed by atoms with E-state index in [4.69, 9.17) is 9.47 Å². The van der Waals surface area contributed by atoms with Crippen molar-refractivity contribution >= 4 is 29.9 Å². The molecular weight excluding hydrogens is 464 g/mol. The van der Waals surface area contributed by atoms with Gasteiger partial charge in [0, 0.05) is 19.7 Å². The SMILES string of the molecule is CCNC(=NCC(O)COc1ccc(F)cc1)NCCOCCC(C)C.I. The van der Waals surface area contributed by atoms with Crippen molar-refractivity contribution in [3.05, 3.63) is 30.1 Å². The van der Waals surface area contributed by atoms with Gasteiger partial charge < -0.3 is 25.2 Å². The summed E-state index contributed by atoms with van der Waals surface area (Å²) in [4.78, 5) is 4.33. The minimum Gasteiger partial charge on any atom is -0.491 e. The fourth-order valence-corrected chi connectivity index (χ4v) is 1.98. The molecule has 6 nitrogen and oxygen atoms in total. The van der Waals surface area contributed by atoms with Crippen molar-refractivity contribution in [2.24, 2.45) is 10.9 Å². The highest BCUT2D eigenvalue weighted by atomic mass is 127. The third kappa shape index (κ3) is 13.7. The molecule has 27 heavy (non-hydrogen) atoms. The van der Waals surface area contributed by atoms with Crippen LogP contribution in [0, 0.1) is 11.7 Å². The summed E-state index contributed by atoms with van der Waals surface area (Å²) in [6, 6.07) is 5.68. The zero-order valence-corrected chi connectivity index (χ0v) is 18.7. The van der Waals surface area contributed by atoms with Crippen molar-refractivity contribution in [2.75, 3.05) is 39.5 Å². The maximum atomic E-state index is 12.8. The van der Waals surface area contributed by atoms with Gasteiger partial charge in [-0.2, -0.15) is 0 Å². The molecule has 1 rings (SSSR count). The van der Waals surface area contributed by atoms with Crippen LogP contribution < -0.4 is 15.4 Å². The highest BCUT2D eigenvalue weighted by Gasteiger charge is 2.06. The molecule has 0 aliphatic carbocycles. The van der Waals surface area contributed by atoms with Gasteiger partial charge in [-0.15, -0.1) is 24.0 Å². The van der Waals surface area contributed by atoms with Crippen molar-refractivity contribution in [1.82, 2.24) is 10.6 Å². The minimum absolute atomic E-state index is 0. The van der Waals surface area contributed by atoms with Crippen LogP contribution in [0.15, 0.2) is 29.3 Å². The Morgan fingerprint density at radius 1 is 1.19 bits per heavy atom. The number of halogens is 2. The van der Waals surface area contributed by atoms with E-state index in [1.54, 1.807) is 0 Å². The molecule has 0 aromatic heterocycles. The van der Waals surface area contributed by atoms with Crippen molar-refractivity contribution < 1.29 is 19.0 Å². The molecule has 0 bridgehead atoms. The number of aliphatic hydroxyl groups excluding tert-OH is 1. The lowest BCUT2D eigenvalue weighted by molar-refractivity contribution is 0.114. The molecular formula is C19H33FIN3O3. The number of benzene rings is 1. The van der Waals surface area contributed by atoms with Gasteiger partial charge in [-0.05, 0) is 43.5 Å². The van der Waals surface area contributed by atoms with Gasteiger partial charge in [-0.1, -0.05) is 13.8 Å². The Kier molecular flexibility index (Phi) is 15.2. The minimum atomic E-state index is -0.752. The normalized spacial score (nSPS) is 12.4. The van der Waals surface area contributed by atoms with E-state index in [0.717, 1.165) is 19.6 Å². The van der Waals surface area contributed by atoms with Crippen LogP contribution in [0.4, 0.5) is 4.39 Å². The lowest BCUT2D eigenvalue weighted by Crippen LogP contribution is -2.39. The molecule has 1 aromatic carbocycles. The van der Waals surface area contributed by atoms with Crippen LogP contribution in [0.2, 0.25) is 0 Å². The lowest BCUT2D eigenvalue weighted by atomic mass is 10.1.